The average Bonchev–Trinajstić information content (AvgIpc) is 3.62. The molecule has 3 aromatic rings. The lowest BCUT2D eigenvalue weighted by Crippen LogP contribution is -2.46. The van der Waals surface area contributed by atoms with Crippen molar-refractivity contribution in [3.63, 3.8) is 0 Å². The van der Waals surface area contributed by atoms with Crippen molar-refractivity contribution in [2.45, 2.75) is 51.1 Å². The molecular weight excluding hydrogens is 454 g/mol. The second-order valence-electron chi connectivity index (χ2n) is 10.6. The Kier molecular flexibility index (Phi) is 6.66. The van der Waals surface area contributed by atoms with Crippen LogP contribution in [0.3, 0.4) is 0 Å². The zero-order chi connectivity index (χ0) is 25.4. The normalized spacial score (nSPS) is 20.2. The molecule has 0 unspecified atom stereocenters. The van der Waals surface area contributed by atoms with Crippen LogP contribution in [0, 0.1) is 5.92 Å². The van der Waals surface area contributed by atoms with Crippen molar-refractivity contribution in [2.75, 3.05) is 38.2 Å². The van der Waals surface area contributed by atoms with Crippen molar-refractivity contribution in [3.05, 3.63) is 47.8 Å². The Hall–Kier alpha value is -3.46. The van der Waals surface area contributed by atoms with Gasteiger partial charge in [-0.25, -0.2) is 4.98 Å². The number of fused-ring (bicyclic) bond motifs is 1. The minimum Gasteiger partial charge on any atom is -0.383 e. The first-order chi connectivity index (χ1) is 17.3. The monoisotopic (exact) mass is 489 g/mol. The number of carbonyl (C=O) groups is 2. The van der Waals surface area contributed by atoms with Gasteiger partial charge >= 0.3 is 11.8 Å². The van der Waals surface area contributed by atoms with Crippen LogP contribution in [0.15, 0.2) is 36.7 Å². The van der Waals surface area contributed by atoms with Crippen LogP contribution >= 0.6 is 0 Å². The molecule has 2 aromatic heterocycles. The SMILES string of the molecule is C[C@H]1CC[C@H](c2ccc3c(cnn3CCN(C)C)c2)N(C(=O)C(=O)Nc2cnc(N)c(C3CC3)c2)C1. The fraction of sp³-hybridized carbons (Fsp3) is 0.481. The molecule has 5 rings (SSSR count). The van der Waals surface area contributed by atoms with Crippen molar-refractivity contribution in [3.8, 4) is 0 Å². The Morgan fingerprint density at radius 3 is 2.69 bits per heavy atom. The zero-order valence-electron chi connectivity index (χ0n) is 21.3. The predicted molar refractivity (Wildman–Crippen MR) is 140 cm³/mol. The van der Waals surface area contributed by atoms with Gasteiger partial charge in [0.05, 0.1) is 36.2 Å². The third kappa shape index (κ3) is 5.06. The third-order valence-corrected chi connectivity index (χ3v) is 7.31. The second-order valence-corrected chi connectivity index (χ2v) is 10.6. The summed E-state index contributed by atoms with van der Waals surface area (Å²) in [4.78, 5) is 34.5. The smallest absolute Gasteiger partial charge is 0.313 e. The summed E-state index contributed by atoms with van der Waals surface area (Å²) < 4.78 is 2.01. The van der Waals surface area contributed by atoms with Crippen LogP contribution in [-0.2, 0) is 16.1 Å². The van der Waals surface area contributed by atoms with Crippen LogP contribution in [0.2, 0.25) is 0 Å². The van der Waals surface area contributed by atoms with E-state index in [9.17, 15) is 9.59 Å². The maximum atomic E-state index is 13.4. The van der Waals surface area contributed by atoms with E-state index in [1.807, 2.05) is 31.0 Å². The highest BCUT2D eigenvalue weighted by atomic mass is 16.2. The number of nitrogen functional groups attached to an aromatic ring is 1. The number of hydrogen-bond donors (Lipinski definition) is 2. The topological polar surface area (TPSA) is 109 Å². The van der Waals surface area contributed by atoms with Crippen LogP contribution in [0.25, 0.3) is 10.9 Å². The van der Waals surface area contributed by atoms with E-state index in [-0.39, 0.29) is 6.04 Å². The fourth-order valence-corrected chi connectivity index (χ4v) is 5.11. The summed E-state index contributed by atoms with van der Waals surface area (Å²) in [5.74, 6) is 0.0694. The number of rotatable bonds is 6. The van der Waals surface area contributed by atoms with Crippen molar-refractivity contribution in [1.29, 1.82) is 0 Å². The van der Waals surface area contributed by atoms with Gasteiger partial charge in [0.15, 0.2) is 0 Å². The standard InChI is InChI=1S/C27H35N7O2/c1-17-4-8-23(19-7-9-24-20(12-19)14-30-34(24)11-10-32(2)3)33(16-17)27(36)26(35)31-21-13-22(18-5-6-18)25(28)29-15-21/h7,9,12-15,17-18,23H,4-6,8,10-11,16H2,1-3H3,(H2,28,29)(H,31,35)/t17-,23+/m0/s1. The first-order valence-corrected chi connectivity index (χ1v) is 12.8. The molecule has 36 heavy (non-hydrogen) atoms. The van der Waals surface area contributed by atoms with Gasteiger partial charge < -0.3 is 20.9 Å². The molecular formula is C27H35N7O2. The van der Waals surface area contributed by atoms with Crippen molar-refractivity contribution in [1.82, 2.24) is 24.6 Å². The lowest BCUT2D eigenvalue weighted by atomic mass is 9.89. The number of amides is 2. The van der Waals surface area contributed by atoms with Crippen molar-refractivity contribution in [2.24, 2.45) is 5.92 Å². The molecule has 9 heteroatoms. The zero-order valence-corrected chi connectivity index (χ0v) is 21.3. The second kappa shape index (κ2) is 9.89. The van der Waals surface area contributed by atoms with Gasteiger partial charge in [-0.15, -0.1) is 0 Å². The maximum Gasteiger partial charge on any atom is 0.313 e. The van der Waals surface area contributed by atoms with E-state index in [1.54, 1.807) is 4.90 Å². The molecule has 0 bridgehead atoms. The molecule has 3 heterocycles. The van der Waals surface area contributed by atoms with Crippen LogP contribution in [0.5, 0.6) is 0 Å². The number of pyridine rings is 1. The van der Waals surface area contributed by atoms with E-state index >= 15 is 0 Å². The molecule has 190 valence electrons. The molecule has 2 aliphatic rings. The number of benzene rings is 1. The first-order valence-electron chi connectivity index (χ1n) is 12.8. The summed E-state index contributed by atoms with van der Waals surface area (Å²) in [5, 5.41) is 8.37. The Bertz CT molecular complexity index is 1280. The molecule has 0 spiro atoms. The molecule has 1 aromatic carbocycles. The molecule has 2 amide bonds. The molecule has 3 N–H and O–H groups in total. The van der Waals surface area contributed by atoms with Crippen LogP contribution in [-0.4, -0.2) is 63.6 Å². The van der Waals surface area contributed by atoms with Gasteiger partial charge in [0.2, 0.25) is 0 Å². The first kappa shape index (κ1) is 24.2. The van der Waals surface area contributed by atoms with Gasteiger partial charge in [-0.1, -0.05) is 13.0 Å². The molecule has 2 atom stereocenters. The van der Waals surface area contributed by atoms with E-state index < -0.39 is 11.8 Å². The Balaban J connectivity index is 1.35. The van der Waals surface area contributed by atoms with Crippen molar-refractivity contribution >= 4 is 34.2 Å². The van der Waals surface area contributed by atoms with E-state index in [0.717, 1.165) is 60.8 Å². The summed E-state index contributed by atoms with van der Waals surface area (Å²) >= 11 is 0. The predicted octanol–water partition coefficient (Wildman–Crippen LogP) is 3.39. The number of carbonyl (C=O) groups excluding carboxylic acids is 2. The molecule has 1 aliphatic carbocycles. The summed E-state index contributed by atoms with van der Waals surface area (Å²) in [6, 6.07) is 7.96. The summed E-state index contributed by atoms with van der Waals surface area (Å²) in [6.45, 7) is 4.38. The number of aromatic nitrogens is 3. The van der Waals surface area contributed by atoms with Gasteiger partial charge in [0.25, 0.3) is 0 Å². The quantitative estimate of drug-likeness (QED) is 0.514. The Morgan fingerprint density at radius 2 is 1.94 bits per heavy atom. The summed E-state index contributed by atoms with van der Waals surface area (Å²) in [7, 11) is 4.09. The fourth-order valence-electron chi connectivity index (χ4n) is 5.11. The van der Waals surface area contributed by atoms with Gasteiger partial charge in [-0.2, -0.15) is 5.10 Å². The summed E-state index contributed by atoms with van der Waals surface area (Å²) in [6.07, 6.45) is 7.37. The number of nitrogens with two attached hydrogens (primary N) is 1. The minimum atomic E-state index is -0.639. The van der Waals surface area contributed by atoms with Crippen LogP contribution < -0.4 is 11.1 Å². The van der Waals surface area contributed by atoms with Crippen molar-refractivity contribution < 1.29 is 9.59 Å². The molecule has 0 radical (unpaired) electrons. The maximum absolute atomic E-state index is 13.4. The average molecular weight is 490 g/mol. The lowest BCUT2D eigenvalue weighted by molar-refractivity contribution is -0.146. The van der Waals surface area contributed by atoms with Gasteiger partial charge in [0.1, 0.15) is 5.82 Å². The number of anilines is 2. The number of likely N-dealkylation sites (tertiary alicyclic amines) is 1. The lowest BCUT2D eigenvalue weighted by Gasteiger charge is -2.38. The highest BCUT2D eigenvalue weighted by Crippen LogP contribution is 2.43. The van der Waals surface area contributed by atoms with Crippen LogP contribution in [0.4, 0.5) is 11.5 Å². The third-order valence-electron chi connectivity index (χ3n) is 7.31. The molecule has 1 saturated carbocycles. The summed E-state index contributed by atoms with van der Waals surface area (Å²) in [5.41, 5.74) is 9.57. The Labute approximate surface area is 211 Å². The highest BCUT2D eigenvalue weighted by molar-refractivity contribution is 6.39. The molecule has 1 aliphatic heterocycles. The molecule has 2 fully saturated rings. The van der Waals surface area contributed by atoms with E-state index in [4.69, 9.17) is 5.73 Å². The van der Waals surface area contributed by atoms with Gasteiger partial charge in [0, 0.05) is 18.5 Å². The van der Waals surface area contributed by atoms with E-state index in [2.05, 4.69) is 45.4 Å². The number of piperidine rings is 1. The molecule has 9 nitrogen and oxygen atoms in total. The number of hydrogen-bond acceptors (Lipinski definition) is 6. The highest BCUT2D eigenvalue weighted by Gasteiger charge is 2.35. The van der Waals surface area contributed by atoms with Gasteiger partial charge in [-0.05, 0) is 80.9 Å². The number of nitrogens with zero attached hydrogens (tertiary/aromatic N) is 5. The number of likely N-dealkylation sites (N-methyl/N-ethyl adjacent to an activating group) is 1. The number of nitrogens with one attached hydrogen (secondary N) is 1. The van der Waals surface area contributed by atoms with E-state index in [0.29, 0.717) is 29.9 Å². The Morgan fingerprint density at radius 1 is 1.14 bits per heavy atom. The van der Waals surface area contributed by atoms with Gasteiger partial charge in [-0.3, -0.25) is 14.3 Å². The largest absolute Gasteiger partial charge is 0.383 e. The minimum absolute atomic E-state index is 0.152. The molecule has 1 saturated heterocycles. The van der Waals surface area contributed by atoms with Crippen LogP contribution in [0.1, 0.15) is 55.7 Å². The van der Waals surface area contributed by atoms with E-state index in [1.165, 1.54) is 6.20 Å².